The lowest BCUT2D eigenvalue weighted by atomic mass is 9.98. The van der Waals surface area contributed by atoms with Crippen molar-refractivity contribution < 1.29 is 9.66 Å². The summed E-state index contributed by atoms with van der Waals surface area (Å²) in [5, 5.41) is 16.2. The number of Topliss-reactive ketones (excluding diaryl/α,β-unsaturated/α-hetero) is 1. The smallest absolute Gasteiger partial charge is 0.201 e. The van der Waals surface area contributed by atoms with E-state index in [0.29, 0.717) is 22.5 Å². The molecule has 0 radical (unpaired) electrons. The first kappa shape index (κ1) is 13.9. The van der Waals surface area contributed by atoms with Gasteiger partial charge in [0.15, 0.2) is 5.78 Å². The molecule has 1 heterocycles. The van der Waals surface area contributed by atoms with E-state index in [1.165, 1.54) is 0 Å². The largest absolute Gasteiger partial charge is 0.599 e. The van der Waals surface area contributed by atoms with Gasteiger partial charge >= 0.3 is 0 Å². The molecule has 0 aliphatic carbocycles. The van der Waals surface area contributed by atoms with E-state index in [9.17, 15) is 10.0 Å². The number of benzene rings is 2. The third-order valence-electron chi connectivity index (χ3n) is 3.51. The molecule has 0 N–H and O–H groups in total. The van der Waals surface area contributed by atoms with Crippen LogP contribution >= 0.6 is 15.9 Å². The third-order valence-corrected chi connectivity index (χ3v) is 4.01. The number of carbonyl (C=O) groups excluding carboxylic acids is 1. The zero-order chi connectivity index (χ0) is 14.8. The summed E-state index contributed by atoms with van der Waals surface area (Å²) in [7, 11) is 0. The van der Waals surface area contributed by atoms with E-state index in [4.69, 9.17) is 0 Å². The van der Waals surface area contributed by atoms with Crippen molar-refractivity contribution in [1.29, 1.82) is 0 Å². The molecular weight excluding hydrogens is 332 g/mol. The van der Waals surface area contributed by atoms with Crippen molar-refractivity contribution in [1.82, 2.24) is 0 Å². The van der Waals surface area contributed by atoms with Gasteiger partial charge in [0.1, 0.15) is 5.69 Å². The Hall–Kier alpha value is -2.01. The van der Waals surface area contributed by atoms with E-state index in [2.05, 4.69) is 21.0 Å². The van der Waals surface area contributed by atoms with E-state index in [1.54, 1.807) is 18.2 Å². The predicted molar refractivity (Wildman–Crippen MR) is 82.7 cm³/mol. The zero-order valence-electron chi connectivity index (χ0n) is 11.2. The summed E-state index contributed by atoms with van der Waals surface area (Å²) in [4.78, 5) is 13.0. The number of nitrogens with zero attached hydrogens (tertiary/aromatic N) is 2. The Bertz CT molecular complexity index is 713. The van der Waals surface area contributed by atoms with Crippen LogP contribution in [0, 0.1) is 5.21 Å². The zero-order valence-corrected chi connectivity index (χ0v) is 12.8. The Balaban J connectivity index is 1.92. The molecule has 0 fully saturated rings. The summed E-state index contributed by atoms with van der Waals surface area (Å²) in [6, 6.07) is 14.4. The molecule has 0 bridgehead atoms. The molecule has 1 unspecified atom stereocenters. The molecule has 3 rings (SSSR count). The van der Waals surface area contributed by atoms with Crippen molar-refractivity contribution in [3.05, 3.63) is 69.3 Å². The second-order valence-corrected chi connectivity index (χ2v) is 5.95. The molecule has 1 atom stereocenters. The monoisotopic (exact) mass is 344 g/mol. The highest BCUT2D eigenvalue weighted by atomic mass is 79.9. The molecule has 0 amide bonds. The molecule has 0 saturated carbocycles. The Morgan fingerprint density at radius 3 is 2.76 bits per heavy atom. The Morgan fingerprint density at radius 1 is 1.24 bits per heavy atom. The lowest BCUT2D eigenvalue weighted by Gasteiger charge is -2.11. The summed E-state index contributed by atoms with van der Waals surface area (Å²) >= 11 is 3.34. The Morgan fingerprint density at radius 2 is 2.00 bits per heavy atom. The van der Waals surface area contributed by atoms with Crippen molar-refractivity contribution in [3.63, 3.8) is 0 Å². The molecule has 1 aliphatic rings. The van der Waals surface area contributed by atoms with Crippen LogP contribution in [0.2, 0.25) is 0 Å². The molecule has 21 heavy (non-hydrogen) atoms. The van der Waals surface area contributed by atoms with Crippen molar-refractivity contribution in [3.8, 4) is 0 Å². The number of hydroxylamine groups is 1. The van der Waals surface area contributed by atoms with Crippen LogP contribution in [0.4, 0.5) is 5.69 Å². The van der Waals surface area contributed by atoms with Crippen LogP contribution in [0.3, 0.4) is 0 Å². The maximum Gasteiger partial charge on any atom is 0.201 e. The molecule has 5 heteroatoms. The van der Waals surface area contributed by atoms with Crippen molar-refractivity contribution in [2.24, 2.45) is 5.11 Å². The summed E-state index contributed by atoms with van der Waals surface area (Å²) in [6.45, 7) is 0. The van der Waals surface area contributed by atoms with Gasteiger partial charge in [0.05, 0.1) is 12.0 Å². The standard InChI is InChI=1S/C16H13BrN2O2/c17-12-6-7-15-14(9-12)16(20)10-13(19(21)18-15)8-11-4-2-1-3-5-11/h1-7,9,13H,8,10H2. The summed E-state index contributed by atoms with van der Waals surface area (Å²) in [6.07, 6.45) is 0.681. The average molecular weight is 345 g/mol. The number of azo groups is 1. The highest BCUT2D eigenvalue weighted by molar-refractivity contribution is 9.10. The van der Waals surface area contributed by atoms with Crippen LogP contribution in [0.5, 0.6) is 0 Å². The molecule has 4 nitrogen and oxygen atoms in total. The van der Waals surface area contributed by atoms with Gasteiger partial charge in [-0.1, -0.05) is 51.1 Å². The van der Waals surface area contributed by atoms with E-state index in [1.807, 2.05) is 30.3 Å². The summed E-state index contributed by atoms with van der Waals surface area (Å²) < 4.78 is 0.809. The maximum absolute atomic E-state index is 12.4. The fraction of sp³-hybridized carbons (Fsp3) is 0.188. The van der Waals surface area contributed by atoms with Gasteiger partial charge in [-0.3, -0.25) is 4.79 Å². The minimum atomic E-state index is -0.467. The van der Waals surface area contributed by atoms with Crippen LogP contribution in [0.25, 0.3) is 0 Å². The molecule has 0 spiro atoms. The van der Waals surface area contributed by atoms with Gasteiger partial charge in [0.2, 0.25) is 6.04 Å². The number of ketones is 1. The second-order valence-electron chi connectivity index (χ2n) is 5.03. The minimum absolute atomic E-state index is 0.0469. The average Bonchev–Trinajstić information content (AvgIpc) is 2.59. The molecule has 1 aliphatic heterocycles. The van der Waals surface area contributed by atoms with Crippen LogP contribution in [0.1, 0.15) is 22.3 Å². The second kappa shape index (κ2) is 5.77. The van der Waals surface area contributed by atoms with Gasteiger partial charge in [0.25, 0.3) is 0 Å². The van der Waals surface area contributed by atoms with Gasteiger partial charge in [-0.15, -0.1) is 0 Å². The fourth-order valence-corrected chi connectivity index (χ4v) is 2.81. The lowest BCUT2D eigenvalue weighted by molar-refractivity contribution is -0.561. The number of hydrogen-bond donors (Lipinski definition) is 0. The Labute approximate surface area is 130 Å². The highest BCUT2D eigenvalue weighted by Gasteiger charge is 2.29. The molecular formula is C16H13BrN2O2. The quantitative estimate of drug-likeness (QED) is 0.604. The van der Waals surface area contributed by atoms with Crippen LogP contribution in [-0.4, -0.2) is 16.7 Å². The summed E-state index contributed by atoms with van der Waals surface area (Å²) in [5.41, 5.74) is 1.97. The fourth-order valence-electron chi connectivity index (χ4n) is 2.45. The van der Waals surface area contributed by atoms with Crippen molar-refractivity contribution in [2.75, 3.05) is 0 Å². The maximum atomic E-state index is 12.4. The highest BCUT2D eigenvalue weighted by Crippen LogP contribution is 2.29. The SMILES string of the molecule is O=C1CC(Cc2ccccc2)[N+]([O-])=Nc2ccc(Br)cc21. The minimum Gasteiger partial charge on any atom is -0.599 e. The molecule has 106 valence electrons. The number of fused-ring (bicyclic) bond motifs is 1. The third kappa shape index (κ3) is 3.03. The van der Waals surface area contributed by atoms with Crippen LogP contribution in [-0.2, 0) is 6.42 Å². The van der Waals surface area contributed by atoms with Gasteiger partial charge < -0.3 is 5.21 Å². The molecule has 2 aromatic rings. The van der Waals surface area contributed by atoms with E-state index < -0.39 is 6.04 Å². The topological polar surface area (TPSA) is 55.5 Å². The first-order valence-electron chi connectivity index (χ1n) is 6.68. The van der Waals surface area contributed by atoms with Crippen molar-refractivity contribution in [2.45, 2.75) is 18.9 Å². The summed E-state index contributed by atoms with van der Waals surface area (Å²) in [5.74, 6) is -0.0469. The number of carbonyl (C=O) groups is 1. The van der Waals surface area contributed by atoms with E-state index >= 15 is 0 Å². The van der Waals surface area contributed by atoms with Crippen LogP contribution in [0.15, 0.2) is 58.1 Å². The van der Waals surface area contributed by atoms with Gasteiger partial charge in [-0.25, -0.2) is 0 Å². The van der Waals surface area contributed by atoms with Crippen LogP contribution < -0.4 is 0 Å². The van der Waals surface area contributed by atoms with Gasteiger partial charge in [0, 0.05) is 16.0 Å². The van der Waals surface area contributed by atoms with Gasteiger partial charge in [-0.2, -0.15) is 0 Å². The normalized spacial score (nSPS) is 17.9. The number of halogens is 1. The Kier molecular flexibility index (Phi) is 3.84. The molecule has 0 saturated heterocycles. The predicted octanol–water partition coefficient (Wildman–Crippen LogP) is 4.24. The number of hydrogen-bond acceptors (Lipinski definition) is 3. The molecule has 0 aromatic heterocycles. The lowest BCUT2D eigenvalue weighted by Crippen LogP contribution is -2.24. The number of rotatable bonds is 2. The first-order chi connectivity index (χ1) is 10.1. The van der Waals surface area contributed by atoms with Crippen molar-refractivity contribution >= 4 is 27.4 Å². The van der Waals surface area contributed by atoms with E-state index in [-0.39, 0.29) is 12.2 Å². The molecule has 2 aromatic carbocycles. The first-order valence-corrected chi connectivity index (χ1v) is 7.47. The van der Waals surface area contributed by atoms with Gasteiger partial charge in [-0.05, 0) is 23.8 Å². The van der Waals surface area contributed by atoms with E-state index in [0.717, 1.165) is 10.0 Å².